The average molecular weight is 318 g/mol. The van der Waals surface area contributed by atoms with E-state index in [-0.39, 0.29) is 0 Å². The van der Waals surface area contributed by atoms with Gasteiger partial charge in [-0.15, -0.1) is 0 Å². The average Bonchev–Trinajstić information content (AvgIpc) is 2.61. The summed E-state index contributed by atoms with van der Waals surface area (Å²) >= 11 is 0. The summed E-state index contributed by atoms with van der Waals surface area (Å²) in [7, 11) is 0. The molecule has 0 amide bonds. The molecule has 0 bridgehead atoms. The molecule has 4 heteroatoms. The van der Waals surface area contributed by atoms with E-state index < -0.39 is 11.6 Å². The van der Waals surface area contributed by atoms with Gasteiger partial charge >= 0.3 is 0 Å². The van der Waals surface area contributed by atoms with Crippen molar-refractivity contribution in [2.24, 2.45) is 0 Å². The highest BCUT2D eigenvalue weighted by Crippen LogP contribution is 2.23. The number of hydrogen-bond donors (Lipinski definition) is 0. The lowest BCUT2D eigenvalue weighted by molar-refractivity contribution is 0.581. The van der Waals surface area contributed by atoms with E-state index in [1.165, 1.54) is 12.1 Å². The molecule has 24 heavy (non-hydrogen) atoms. The molecule has 2 nitrogen and oxygen atoms in total. The number of rotatable bonds is 2. The Hall–Kier alpha value is -3.14. The van der Waals surface area contributed by atoms with Crippen LogP contribution in [-0.2, 0) is 0 Å². The van der Waals surface area contributed by atoms with Crippen LogP contribution in [0.1, 0.15) is 11.1 Å². The second-order valence-electron chi connectivity index (χ2n) is 5.48. The van der Waals surface area contributed by atoms with Crippen molar-refractivity contribution in [3.63, 3.8) is 0 Å². The van der Waals surface area contributed by atoms with Gasteiger partial charge in [0.1, 0.15) is 11.6 Å². The van der Waals surface area contributed by atoms with Gasteiger partial charge in [0.25, 0.3) is 0 Å². The summed E-state index contributed by atoms with van der Waals surface area (Å²) < 4.78 is 26.7. The number of pyridine rings is 2. The van der Waals surface area contributed by atoms with Crippen LogP contribution in [0.3, 0.4) is 0 Å². The molecular formula is C20H12F2N2. The molecule has 0 aliphatic carbocycles. The minimum absolute atomic E-state index is 0.330. The van der Waals surface area contributed by atoms with Crippen molar-refractivity contribution < 1.29 is 8.78 Å². The molecule has 0 radical (unpaired) electrons. The monoisotopic (exact) mass is 318 g/mol. The van der Waals surface area contributed by atoms with Gasteiger partial charge in [-0.25, -0.2) is 8.78 Å². The third kappa shape index (κ3) is 2.63. The standard InChI is InChI=1S/C20H12F2N2/c21-15-8-7-14(18(22)10-15)6-5-13-9-17-16-3-1-2-4-19(16)24-12-20(17)23-11-13/h1-12H/b6-5+. The number of nitrogens with zero attached hydrogens (tertiary/aromatic N) is 2. The fourth-order valence-corrected chi connectivity index (χ4v) is 2.67. The van der Waals surface area contributed by atoms with Crippen molar-refractivity contribution in [3.8, 4) is 0 Å². The zero-order valence-corrected chi connectivity index (χ0v) is 12.6. The maximum Gasteiger partial charge on any atom is 0.133 e. The molecule has 4 rings (SSSR count). The van der Waals surface area contributed by atoms with Crippen LogP contribution in [-0.4, -0.2) is 9.97 Å². The molecule has 0 saturated heterocycles. The van der Waals surface area contributed by atoms with Crippen LogP contribution in [0.4, 0.5) is 8.78 Å². The van der Waals surface area contributed by atoms with E-state index in [0.29, 0.717) is 5.56 Å². The molecule has 0 spiro atoms. The fourth-order valence-electron chi connectivity index (χ4n) is 2.67. The first-order chi connectivity index (χ1) is 11.7. The molecule has 0 atom stereocenters. The summed E-state index contributed by atoms with van der Waals surface area (Å²) in [5.41, 5.74) is 2.87. The Labute approximate surface area is 137 Å². The van der Waals surface area contributed by atoms with Crippen LogP contribution >= 0.6 is 0 Å². The Morgan fingerprint density at radius 2 is 1.58 bits per heavy atom. The van der Waals surface area contributed by atoms with Crippen LogP contribution in [0.25, 0.3) is 34.0 Å². The van der Waals surface area contributed by atoms with Crippen molar-refractivity contribution in [3.05, 3.63) is 83.7 Å². The van der Waals surface area contributed by atoms with Crippen LogP contribution < -0.4 is 0 Å². The van der Waals surface area contributed by atoms with E-state index in [0.717, 1.165) is 33.4 Å². The van der Waals surface area contributed by atoms with Gasteiger partial charge in [-0.05, 0) is 29.8 Å². The number of aromatic nitrogens is 2. The Bertz CT molecular complexity index is 1090. The fraction of sp³-hybridized carbons (Fsp3) is 0. The number of fused-ring (bicyclic) bond motifs is 3. The Kier molecular flexibility index (Phi) is 3.50. The lowest BCUT2D eigenvalue weighted by Crippen LogP contribution is -1.87. The summed E-state index contributed by atoms with van der Waals surface area (Å²) in [5.74, 6) is -1.18. The molecule has 0 aliphatic heterocycles. The lowest BCUT2D eigenvalue weighted by atomic mass is 10.1. The van der Waals surface area contributed by atoms with Gasteiger partial charge in [-0.2, -0.15) is 0 Å². The zero-order chi connectivity index (χ0) is 16.5. The number of halogens is 2. The van der Waals surface area contributed by atoms with Gasteiger partial charge in [0, 0.05) is 28.6 Å². The largest absolute Gasteiger partial charge is 0.254 e. The molecule has 2 aromatic carbocycles. The molecule has 116 valence electrons. The lowest BCUT2D eigenvalue weighted by Gasteiger charge is -2.03. The third-order valence-corrected chi connectivity index (χ3v) is 3.88. The zero-order valence-electron chi connectivity index (χ0n) is 12.6. The second kappa shape index (κ2) is 5.81. The smallest absolute Gasteiger partial charge is 0.133 e. The van der Waals surface area contributed by atoms with Gasteiger partial charge in [0.15, 0.2) is 0 Å². The van der Waals surface area contributed by atoms with Crippen molar-refractivity contribution in [2.45, 2.75) is 0 Å². The van der Waals surface area contributed by atoms with Gasteiger partial charge in [-0.1, -0.05) is 30.4 Å². The summed E-state index contributed by atoms with van der Waals surface area (Å²) in [4.78, 5) is 8.80. The van der Waals surface area contributed by atoms with Gasteiger partial charge < -0.3 is 0 Å². The molecule has 0 fully saturated rings. The third-order valence-electron chi connectivity index (χ3n) is 3.88. The van der Waals surface area contributed by atoms with Crippen LogP contribution in [0.5, 0.6) is 0 Å². The quantitative estimate of drug-likeness (QED) is 0.473. The highest BCUT2D eigenvalue weighted by molar-refractivity contribution is 6.04. The second-order valence-corrected chi connectivity index (χ2v) is 5.48. The van der Waals surface area contributed by atoms with Crippen molar-refractivity contribution >= 4 is 34.0 Å². The van der Waals surface area contributed by atoms with Crippen molar-refractivity contribution in [2.75, 3.05) is 0 Å². The molecule has 0 saturated carbocycles. The molecule has 0 aliphatic rings. The Morgan fingerprint density at radius 3 is 2.46 bits per heavy atom. The molecule has 0 N–H and O–H groups in total. The van der Waals surface area contributed by atoms with Crippen LogP contribution in [0, 0.1) is 11.6 Å². The highest BCUT2D eigenvalue weighted by atomic mass is 19.1. The van der Waals surface area contributed by atoms with Gasteiger partial charge in [-0.3, -0.25) is 9.97 Å². The molecule has 4 aromatic rings. The summed E-state index contributed by atoms with van der Waals surface area (Å²) in [6.07, 6.45) is 6.82. The topological polar surface area (TPSA) is 25.8 Å². The summed E-state index contributed by atoms with van der Waals surface area (Å²) in [6, 6.07) is 13.4. The Morgan fingerprint density at radius 1 is 0.750 bits per heavy atom. The number of para-hydroxylation sites is 1. The summed E-state index contributed by atoms with van der Waals surface area (Å²) in [6.45, 7) is 0. The number of hydrogen-bond acceptors (Lipinski definition) is 2. The van der Waals surface area contributed by atoms with Crippen molar-refractivity contribution in [1.82, 2.24) is 9.97 Å². The highest BCUT2D eigenvalue weighted by Gasteiger charge is 2.04. The number of benzene rings is 2. The van der Waals surface area contributed by atoms with E-state index >= 15 is 0 Å². The predicted octanol–water partition coefficient (Wildman–Crippen LogP) is 5.23. The Balaban J connectivity index is 1.79. The van der Waals surface area contributed by atoms with E-state index in [9.17, 15) is 8.78 Å². The molecule has 2 aromatic heterocycles. The van der Waals surface area contributed by atoms with E-state index in [2.05, 4.69) is 9.97 Å². The van der Waals surface area contributed by atoms with Crippen molar-refractivity contribution in [1.29, 1.82) is 0 Å². The van der Waals surface area contributed by atoms with Gasteiger partial charge in [0.05, 0.1) is 17.2 Å². The minimum atomic E-state index is -0.588. The molecule has 0 unspecified atom stereocenters. The summed E-state index contributed by atoms with van der Waals surface area (Å²) in [5, 5.41) is 2.01. The maximum atomic E-state index is 13.7. The normalized spacial score (nSPS) is 11.6. The maximum absolute atomic E-state index is 13.7. The van der Waals surface area contributed by atoms with E-state index in [1.54, 1.807) is 24.5 Å². The molecule has 2 heterocycles. The molecular weight excluding hydrogens is 306 g/mol. The van der Waals surface area contributed by atoms with E-state index in [4.69, 9.17) is 0 Å². The predicted molar refractivity (Wildman–Crippen MR) is 92.3 cm³/mol. The van der Waals surface area contributed by atoms with E-state index in [1.807, 2.05) is 30.3 Å². The minimum Gasteiger partial charge on any atom is -0.254 e. The first-order valence-corrected chi connectivity index (χ1v) is 7.47. The van der Waals surface area contributed by atoms with Crippen LogP contribution in [0.2, 0.25) is 0 Å². The SMILES string of the molecule is Fc1ccc(/C=C/c2cnc3cnc4ccccc4c3c2)c(F)c1. The first kappa shape index (κ1) is 14.5. The van der Waals surface area contributed by atoms with Crippen LogP contribution in [0.15, 0.2) is 60.9 Å². The van der Waals surface area contributed by atoms with Gasteiger partial charge in [0.2, 0.25) is 0 Å². The first-order valence-electron chi connectivity index (χ1n) is 7.47.